The van der Waals surface area contributed by atoms with E-state index >= 15 is 0 Å². The van der Waals surface area contributed by atoms with Gasteiger partial charge in [0.15, 0.2) is 0 Å². The van der Waals surface area contributed by atoms with Crippen LogP contribution in [0.3, 0.4) is 0 Å². The second-order valence-corrected chi connectivity index (χ2v) is 5.03. The predicted molar refractivity (Wildman–Crippen MR) is 85.0 cm³/mol. The topological polar surface area (TPSA) is 83.1 Å². The molecule has 2 heterocycles. The number of amides is 1. The number of aliphatic hydroxyl groups excluding tert-OH is 1. The summed E-state index contributed by atoms with van der Waals surface area (Å²) in [5.74, 6) is 0.631. The number of rotatable bonds is 4. The minimum Gasteiger partial charge on any atom is -0.459 e. The zero-order valence-electron chi connectivity index (χ0n) is 12.4. The molecular weight excluding hydrogens is 296 g/mol. The first-order chi connectivity index (χ1) is 11.1. The second-order valence-electron chi connectivity index (χ2n) is 5.03. The van der Waals surface area contributed by atoms with Gasteiger partial charge in [0.2, 0.25) is 0 Å². The van der Waals surface area contributed by atoms with E-state index in [0.29, 0.717) is 34.1 Å². The number of hydrogen-bond donors (Lipinski definition) is 1. The number of anilines is 1. The molecule has 0 saturated carbocycles. The summed E-state index contributed by atoms with van der Waals surface area (Å²) in [6, 6.07) is 9.91. The van der Waals surface area contributed by atoms with Gasteiger partial charge in [-0.25, -0.2) is 0 Å². The second kappa shape index (κ2) is 6.02. The number of hydrazone groups is 1. The van der Waals surface area contributed by atoms with E-state index in [1.807, 2.05) is 0 Å². The molecule has 23 heavy (non-hydrogen) atoms. The molecular formula is C17H14N2O4. The number of carbonyl (C=O) groups is 2. The smallest absolute Gasteiger partial charge is 0.280 e. The number of hydrogen-bond acceptors (Lipinski definition) is 5. The van der Waals surface area contributed by atoms with Crippen molar-refractivity contribution in [2.45, 2.75) is 13.5 Å². The van der Waals surface area contributed by atoms with Crippen molar-refractivity contribution in [3.63, 3.8) is 0 Å². The van der Waals surface area contributed by atoms with Gasteiger partial charge < -0.3 is 9.52 Å². The van der Waals surface area contributed by atoms with Crippen LogP contribution in [-0.4, -0.2) is 23.0 Å². The van der Waals surface area contributed by atoms with Crippen molar-refractivity contribution in [1.82, 2.24) is 0 Å². The third-order valence-electron chi connectivity index (χ3n) is 3.46. The molecule has 0 saturated heterocycles. The molecule has 1 amide bonds. The molecule has 0 spiro atoms. The highest BCUT2D eigenvalue weighted by Crippen LogP contribution is 2.25. The van der Waals surface area contributed by atoms with Crippen LogP contribution < -0.4 is 5.01 Å². The molecule has 6 heteroatoms. The van der Waals surface area contributed by atoms with Crippen LogP contribution in [0.25, 0.3) is 6.08 Å². The van der Waals surface area contributed by atoms with Gasteiger partial charge in [0.25, 0.3) is 5.91 Å². The fourth-order valence-electron chi connectivity index (χ4n) is 2.25. The van der Waals surface area contributed by atoms with Gasteiger partial charge in [-0.1, -0.05) is 0 Å². The Labute approximate surface area is 132 Å². The lowest BCUT2D eigenvalue weighted by molar-refractivity contribution is -0.114. The summed E-state index contributed by atoms with van der Waals surface area (Å²) >= 11 is 0. The summed E-state index contributed by atoms with van der Waals surface area (Å²) in [6.07, 6.45) is 2.34. The number of furan rings is 1. The van der Waals surface area contributed by atoms with Crippen LogP contribution in [0.2, 0.25) is 0 Å². The quantitative estimate of drug-likeness (QED) is 0.694. The van der Waals surface area contributed by atoms with E-state index in [-0.39, 0.29) is 12.5 Å². The van der Waals surface area contributed by atoms with Crippen molar-refractivity contribution in [3.8, 4) is 0 Å². The minimum absolute atomic E-state index is 0.195. The Morgan fingerprint density at radius 3 is 2.57 bits per heavy atom. The van der Waals surface area contributed by atoms with Gasteiger partial charge in [-0.15, -0.1) is 0 Å². The molecule has 6 nitrogen and oxygen atoms in total. The van der Waals surface area contributed by atoms with Gasteiger partial charge in [-0.2, -0.15) is 10.1 Å². The normalized spacial score (nSPS) is 16.1. The fraction of sp³-hybridized carbons (Fsp3) is 0.118. The first-order valence-electron chi connectivity index (χ1n) is 6.99. The summed E-state index contributed by atoms with van der Waals surface area (Å²) in [4.78, 5) is 23.2. The average Bonchev–Trinajstić information content (AvgIpc) is 3.15. The van der Waals surface area contributed by atoms with E-state index in [9.17, 15) is 9.59 Å². The van der Waals surface area contributed by atoms with Gasteiger partial charge in [-0.3, -0.25) is 9.59 Å². The molecule has 1 aromatic carbocycles. The van der Waals surface area contributed by atoms with E-state index < -0.39 is 0 Å². The molecule has 1 N–H and O–H groups in total. The van der Waals surface area contributed by atoms with Crippen LogP contribution in [0.1, 0.15) is 28.8 Å². The third-order valence-corrected chi connectivity index (χ3v) is 3.46. The molecule has 0 atom stereocenters. The van der Waals surface area contributed by atoms with Crippen LogP contribution in [0.4, 0.5) is 5.69 Å². The van der Waals surface area contributed by atoms with E-state index in [1.54, 1.807) is 49.4 Å². The third kappa shape index (κ3) is 2.84. The molecule has 0 bridgehead atoms. The van der Waals surface area contributed by atoms with E-state index in [2.05, 4.69) is 5.10 Å². The van der Waals surface area contributed by atoms with Gasteiger partial charge in [0, 0.05) is 5.56 Å². The summed E-state index contributed by atoms with van der Waals surface area (Å²) < 4.78 is 5.37. The molecule has 116 valence electrons. The highest BCUT2D eigenvalue weighted by molar-refractivity contribution is 6.32. The number of aliphatic hydroxyl groups is 1. The Kier molecular flexibility index (Phi) is 3.91. The van der Waals surface area contributed by atoms with Crippen molar-refractivity contribution >= 4 is 29.7 Å². The molecule has 1 aliphatic rings. The van der Waals surface area contributed by atoms with Crippen molar-refractivity contribution in [3.05, 3.63) is 59.1 Å². The SMILES string of the molecule is CC1=NN(c2ccc(C=O)cc2)C(=O)/C1=C\c1ccc(CO)o1. The minimum atomic E-state index is -0.275. The largest absolute Gasteiger partial charge is 0.459 e. The highest BCUT2D eigenvalue weighted by atomic mass is 16.4. The van der Waals surface area contributed by atoms with E-state index in [0.717, 1.165) is 6.29 Å². The molecule has 3 rings (SSSR count). The Hall–Kier alpha value is -2.99. The summed E-state index contributed by atoms with van der Waals surface area (Å²) in [6.45, 7) is 1.54. The van der Waals surface area contributed by atoms with Crippen molar-refractivity contribution in [2.75, 3.05) is 5.01 Å². The maximum Gasteiger partial charge on any atom is 0.280 e. The zero-order valence-corrected chi connectivity index (χ0v) is 12.4. The van der Waals surface area contributed by atoms with Crippen LogP contribution in [0.15, 0.2) is 51.5 Å². The Balaban J connectivity index is 1.89. The number of nitrogens with zero attached hydrogens (tertiary/aromatic N) is 2. The first-order valence-corrected chi connectivity index (χ1v) is 6.99. The Bertz CT molecular complexity index is 815. The average molecular weight is 310 g/mol. The summed E-state index contributed by atoms with van der Waals surface area (Å²) in [5.41, 5.74) is 2.10. The summed E-state index contributed by atoms with van der Waals surface area (Å²) in [5, 5.41) is 14.5. The maximum atomic E-state index is 12.5. The maximum absolute atomic E-state index is 12.5. The first kappa shape index (κ1) is 14.9. The van der Waals surface area contributed by atoms with Crippen molar-refractivity contribution in [2.24, 2.45) is 5.10 Å². The van der Waals surface area contributed by atoms with Crippen LogP contribution >= 0.6 is 0 Å². The van der Waals surface area contributed by atoms with Crippen LogP contribution in [0, 0.1) is 0 Å². The zero-order chi connectivity index (χ0) is 16.4. The van der Waals surface area contributed by atoms with Gasteiger partial charge in [0.1, 0.15) is 24.4 Å². The highest BCUT2D eigenvalue weighted by Gasteiger charge is 2.29. The number of aldehydes is 1. The van der Waals surface area contributed by atoms with Crippen molar-refractivity contribution in [1.29, 1.82) is 0 Å². The lowest BCUT2D eigenvalue weighted by Crippen LogP contribution is -2.21. The molecule has 2 aromatic rings. The van der Waals surface area contributed by atoms with Gasteiger partial charge in [0.05, 0.1) is 17.0 Å². The molecule has 1 aromatic heterocycles. The molecule has 0 unspecified atom stereocenters. The van der Waals surface area contributed by atoms with E-state index in [1.165, 1.54) is 5.01 Å². The monoisotopic (exact) mass is 310 g/mol. The lowest BCUT2D eigenvalue weighted by Gasteiger charge is -2.11. The van der Waals surface area contributed by atoms with Gasteiger partial charge in [-0.05, 0) is 49.4 Å². The van der Waals surface area contributed by atoms with Crippen LogP contribution in [0.5, 0.6) is 0 Å². The summed E-state index contributed by atoms with van der Waals surface area (Å²) in [7, 11) is 0. The predicted octanol–water partition coefficient (Wildman–Crippen LogP) is 2.39. The Morgan fingerprint density at radius 1 is 1.22 bits per heavy atom. The lowest BCUT2D eigenvalue weighted by atomic mass is 10.1. The van der Waals surface area contributed by atoms with Gasteiger partial charge >= 0.3 is 0 Å². The standard InChI is InChI=1S/C17H14N2O4/c1-11-16(8-14-6-7-15(10-21)23-14)17(22)19(18-11)13-4-2-12(9-20)3-5-13/h2-9,21H,10H2,1H3/b16-8-. The molecule has 0 aliphatic carbocycles. The molecule has 1 aliphatic heterocycles. The fourth-order valence-corrected chi connectivity index (χ4v) is 2.25. The number of benzene rings is 1. The Morgan fingerprint density at radius 2 is 1.96 bits per heavy atom. The molecule has 0 radical (unpaired) electrons. The van der Waals surface area contributed by atoms with Crippen LogP contribution in [-0.2, 0) is 11.4 Å². The van der Waals surface area contributed by atoms with E-state index in [4.69, 9.17) is 9.52 Å². The van der Waals surface area contributed by atoms with Crippen molar-refractivity contribution < 1.29 is 19.1 Å². The number of carbonyl (C=O) groups excluding carboxylic acids is 2. The molecule has 0 fully saturated rings.